The molecule has 1 heterocycles. The number of nitrogens with zero attached hydrogens (tertiary/aromatic N) is 2. The number of benzene rings is 2. The smallest absolute Gasteiger partial charge is 0.277 e. The summed E-state index contributed by atoms with van der Waals surface area (Å²) in [6.45, 7) is 5.88. The van der Waals surface area contributed by atoms with Gasteiger partial charge in [-0.25, -0.2) is 0 Å². The van der Waals surface area contributed by atoms with E-state index >= 15 is 0 Å². The van der Waals surface area contributed by atoms with Crippen molar-refractivity contribution in [2.24, 2.45) is 0 Å². The van der Waals surface area contributed by atoms with E-state index in [4.69, 9.17) is 16.0 Å². The Balaban J connectivity index is 1.61. The monoisotopic (exact) mass is 387 g/mol. The maximum absolute atomic E-state index is 12.2. The van der Waals surface area contributed by atoms with Crippen LogP contribution < -0.4 is 5.32 Å². The van der Waals surface area contributed by atoms with Crippen LogP contribution in [0.4, 0.5) is 5.69 Å². The molecular weight excluding hydrogens is 370 g/mol. The van der Waals surface area contributed by atoms with E-state index < -0.39 is 0 Å². The number of anilines is 1. The van der Waals surface area contributed by atoms with Gasteiger partial charge in [0.1, 0.15) is 0 Å². The van der Waals surface area contributed by atoms with Crippen LogP contribution in [0.15, 0.2) is 46.0 Å². The molecule has 0 aliphatic rings. The van der Waals surface area contributed by atoms with Gasteiger partial charge in [0.2, 0.25) is 11.8 Å². The Morgan fingerprint density at radius 2 is 1.85 bits per heavy atom. The van der Waals surface area contributed by atoms with Crippen LogP contribution in [-0.4, -0.2) is 21.9 Å². The van der Waals surface area contributed by atoms with E-state index in [0.29, 0.717) is 21.8 Å². The fraction of sp³-hybridized carbons (Fsp3) is 0.211. The number of hydrogen-bond acceptors (Lipinski definition) is 5. The lowest BCUT2D eigenvalue weighted by Gasteiger charge is -2.11. The Hall–Kier alpha value is -2.31. The molecule has 134 valence electrons. The van der Waals surface area contributed by atoms with Crippen LogP contribution in [0.25, 0.3) is 11.5 Å². The first-order valence-corrected chi connectivity index (χ1v) is 9.38. The van der Waals surface area contributed by atoms with Crippen LogP contribution in [0, 0.1) is 20.8 Å². The zero-order valence-corrected chi connectivity index (χ0v) is 16.2. The highest BCUT2D eigenvalue weighted by Gasteiger charge is 2.13. The minimum Gasteiger partial charge on any atom is -0.411 e. The minimum atomic E-state index is -0.182. The van der Waals surface area contributed by atoms with Crippen molar-refractivity contribution in [2.45, 2.75) is 26.0 Å². The Kier molecular flexibility index (Phi) is 5.64. The van der Waals surface area contributed by atoms with Crippen molar-refractivity contribution >= 4 is 35.0 Å². The van der Waals surface area contributed by atoms with Crippen molar-refractivity contribution in [1.82, 2.24) is 10.2 Å². The highest BCUT2D eigenvalue weighted by molar-refractivity contribution is 7.99. The number of nitrogens with one attached hydrogen (secondary N) is 1. The first kappa shape index (κ1) is 18.5. The van der Waals surface area contributed by atoms with E-state index in [1.54, 1.807) is 0 Å². The number of amides is 1. The largest absolute Gasteiger partial charge is 0.411 e. The lowest BCUT2D eigenvalue weighted by Crippen LogP contribution is -2.15. The van der Waals surface area contributed by atoms with Gasteiger partial charge in [0.15, 0.2) is 0 Å². The summed E-state index contributed by atoms with van der Waals surface area (Å²) in [5.74, 6) is 0.406. The Morgan fingerprint density at radius 3 is 2.54 bits per heavy atom. The normalized spacial score (nSPS) is 10.8. The van der Waals surface area contributed by atoms with E-state index in [1.165, 1.54) is 11.8 Å². The fourth-order valence-electron chi connectivity index (χ4n) is 2.46. The molecule has 1 N–H and O–H groups in total. The second-order valence-corrected chi connectivity index (χ2v) is 7.35. The fourth-order valence-corrected chi connectivity index (χ4v) is 3.39. The molecule has 0 saturated heterocycles. The summed E-state index contributed by atoms with van der Waals surface area (Å²) in [4.78, 5) is 12.2. The molecular formula is C19H18ClN3O2S. The molecule has 0 aliphatic heterocycles. The minimum absolute atomic E-state index is 0.152. The van der Waals surface area contributed by atoms with E-state index in [2.05, 4.69) is 15.5 Å². The number of aryl methyl sites for hydroxylation is 3. The summed E-state index contributed by atoms with van der Waals surface area (Å²) in [5, 5.41) is 11.7. The molecule has 0 aliphatic carbocycles. The van der Waals surface area contributed by atoms with Crippen molar-refractivity contribution in [3.05, 3.63) is 58.1 Å². The molecule has 0 unspecified atom stereocenters. The molecule has 0 atom stereocenters. The molecule has 0 bridgehead atoms. The molecule has 0 radical (unpaired) electrons. The van der Waals surface area contributed by atoms with Crippen molar-refractivity contribution in [1.29, 1.82) is 0 Å². The molecule has 7 heteroatoms. The van der Waals surface area contributed by atoms with Gasteiger partial charge in [-0.15, -0.1) is 10.2 Å². The number of carbonyl (C=O) groups excluding carboxylic acids is 1. The van der Waals surface area contributed by atoms with Crippen LogP contribution in [0.1, 0.15) is 16.7 Å². The lowest BCUT2D eigenvalue weighted by molar-refractivity contribution is -0.113. The Morgan fingerprint density at radius 1 is 1.12 bits per heavy atom. The maximum atomic E-state index is 12.2. The maximum Gasteiger partial charge on any atom is 0.277 e. The Labute approximate surface area is 161 Å². The predicted molar refractivity (Wildman–Crippen MR) is 105 cm³/mol. The SMILES string of the molecule is Cc1ccc(-c2nnc(SCC(=O)Nc3c(C)cc(C)cc3Cl)o2)cc1. The molecule has 3 aromatic rings. The van der Waals surface area contributed by atoms with Gasteiger partial charge in [0, 0.05) is 5.56 Å². The molecule has 2 aromatic carbocycles. The molecule has 0 saturated carbocycles. The van der Waals surface area contributed by atoms with Crippen LogP contribution >= 0.6 is 23.4 Å². The third-order valence-electron chi connectivity index (χ3n) is 3.73. The van der Waals surface area contributed by atoms with Gasteiger partial charge >= 0.3 is 0 Å². The number of thioether (sulfide) groups is 1. The molecule has 3 rings (SSSR count). The molecule has 1 amide bonds. The average molecular weight is 388 g/mol. The third kappa shape index (κ3) is 4.45. The van der Waals surface area contributed by atoms with E-state index in [1.807, 2.05) is 57.2 Å². The second kappa shape index (κ2) is 7.93. The van der Waals surface area contributed by atoms with Gasteiger partial charge in [-0.2, -0.15) is 0 Å². The zero-order chi connectivity index (χ0) is 18.7. The van der Waals surface area contributed by atoms with Gasteiger partial charge in [0.05, 0.1) is 16.5 Å². The summed E-state index contributed by atoms with van der Waals surface area (Å²) >= 11 is 7.40. The first-order valence-electron chi connectivity index (χ1n) is 8.02. The van der Waals surface area contributed by atoms with Gasteiger partial charge < -0.3 is 9.73 Å². The predicted octanol–water partition coefficient (Wildman–Crippen LogP) is 5.05. The van der Waals surface area contributed by atoms with E-state index in [-0.39, 0.29) is 11.7 Å². The van der Waals surface area contributed by atoms with Crippen molar-refractivity contribution in [3.63, 3.8) is 0 Å². The number of halogens is 1. The summed E-state index contributed by atoms with van der Waals surface area (Å²) in [6, 6.07) is 11.6. The summed E-state index contributed by atoms with van der Waals surface area (Å²) in [5.41, 5.74) is 4.61. The molecule has 26 heavy (non-hydrogen) atoms. The van der Waals surface area contributed by atoms with Crippen LogP contribution in [0.3, 0.4) is 0 Å². The highest BCUT2D eigenvalue weighted by atomic mass is 35.5. The van der Waals surface area contributed by atoms with Crippen LogP contribution in [0.2, 0.25) is 5.02 Å². The van der Waals surface area contributed by atoms with Crippen LogP contribution in [0.5, 0.6) is 0 Å². The number of aromatic nitrogens is 2. The highest BCUT2D eigenvalue weighted by Crippen LogP contribution is 2.28. The molecule has 0 fully saturated rings. The second-order valence-electron chi connectivity index (χ2n) is 6.01. The summed E-state index contributed by atoms with van der Waals surface area (Å²) in [6.07, 6.45) is 0. The van der Waals surface area contributed by atoms with Gasteiger partial charge in [-0.1, -0.05) is 47.1 Å². The average Bonchev–Trinajstić information content (AvgIpc) is 3.06. The van der Waals surface area contributed by atoms with Gasteiger partial charge in [-0.3, -0.25) is 4.79 Å². The quantitative estimate of drug-likeness (QED) is 0.620. The first-order chi connectivity index (χ1) is 12.4. The van der Waals surface area contributed by atoms with E-state index in [9.17, 15) is 4.79 Å². The zero-order valence-electron chi connectivity index (χ0n) is 14.7. The van der Waals surface area contributed by atoms with Gasteiger partial charge in [-0.05, 0) is 50.1 Å². The topological polar surface area (TPSA) is 68.0 Å². The summed E-state index contributed by atoms with van der Waals surface area (Å²) in [7, 11) is 0. The molecule has 5 nitrogen and oxygen atoms in total. The van der Waals surface area contributed by atoms with Gasteiger partial charge in [0.25, 0.3) is 5.22 Å². The van der Waals surface area contributed by atoms with Crippen LogP contribution in [-0.2, 0) is 4.79 Å². The summed E-state index contributed by atoms with van der Waals surface area (Å²) < 4.78 is 5.61. The molecule has 1 aromatic heterocycles. The Bertz CT molecular complexity index is 915. The number of rotatable bonds is 5. The van der Waals surface area contributed by atoms with Crippen molar-refractivity contribution < 1.29 is 9.21 Å². The van der Waals surface area contributed by atoms with E-state index in [0.717, 1.165) is 22.3 Å². The number of carbonyl (C=O) groups is 1. The third-order valence-corrected chi connectivity index (χ3v) is 4.84. The number of hydrogen-bond donors (Lipinski definition) is 1. The van der Waals surface area contributed by atoms with Crippen molar-refractivity contribution in [3.8, 4) is 11.5 Å². The standard InChI is InChI=1S/C19H18ClN3O2S/c1-11-4-6-14(7-5-11)18-22-23-19(25-18)26-10-16(24)21-17-13(3)8-12(2)9-15(17)20/h4-9H,10H2,1-3H3,(H,21,24). The molecule has 0 spiro atoms. The van der Waals surface area contributed by atoms with Crippen molar-refractivity contribution in [2.75, 3.05) is 11.1 Å². The lowest BCUT2D eigenvalue weighted by atomic mass is 10.1.